The van der Waals surface area contributed by atoms with Crippen molar-refractivity contribution in [3.63, 3.8) is 0 Å². The quantitative estimate of drug-likeness (QED) is 0.873. The molecule has 2 atom stereocenters. The zero-order valence-electron chi connectivity index (χ0n) is 12.8. The third kappa shape index (κ3) is 3.50. The van der Waals surface area contributed by atoms with Gasteiger partial charge < -0.3 is 19.9 Å². The van der Waals surface area contributed by atoms with Gasteiger partial charge in [-0.15, -0.1) is 0 Å². The Morgan fingerprint density at radius 3 is 2.32 bits per heavy atom. The molecule has 0 saturated heterocycles. The van der Waals surface area contributed by atoms with Gasteiger partial charge in [-0.05, 0) is 25.0 Å². The van der Waals surface area contributed by atoms with Gasteiger partial charge in [-0.3, -0.25) is 9.59 Å². The first-order valence-corrected chi connectivity index (χ1v) is 7.32. The summed E-state index contributed by atoms with van der Waals surface area (Å²) >= 11 is 0. The number of rotatable bonds is 5. The molecule has 1 aliphatic rings. The first kappa shape index (κ1) is 16.1. The Labute approximate surface area is 129 Å². The highest BCUT2D eigenvalue weighted by atomic mass is 16.5. The predicted octanol–water partition coefficient (Wildman–Crippen LogP) is 2.53. The fraction of sp³-hybridized carbons (Fsp3) is 0.500. The average Bonchev–Trinajstić information content (AvgIpc) is 2.54. The second-order valence-corrected chi connectivity index (χ2v) is 5.39. The van der Waals surface area contributed by atoms with Gasteiger partial charge in [0.25, 0.3) is 0 Å². The maximum absolute atomic E-state index is 12.4. The largest absolute Gasteiger partial charge is 0.493 e. The van der Waals surface area contributed by atoms with Crippen LogP contribution in [0.2, 0.25) is 0 Å². The lowest BCUT2D eigenvalue weighted by Gasteiger charge is -2.27. The van der Waals surface area contributed by atoms with Crippen LogP contribution in [0.1, 0.15) is 25.7 Å². The number of nitrogens with one attached hydrogen (secondary N) is 1. The molecule has 0 radical (unpaired) electrons. The van der Waals surface area contributed by atoms with Crippen molar-refractivity contribution in [2.45, 2.75) is 25.7 Å². The topological polar surface area (TPSA) is 84.9 Å². The molecular formula is C16H21NO5. The molecule has 1 fully saturated rings. The third-order valence-electron chi connectivity index (χ3n) is 4.07. The normalized spacial score (nSPS) is 21.0. The summed E-state index contributed by atoms with van der Waals surface area (Å²) in [5.74, 6) is -1.15. The number of amides is 1. The van der Waals surface area contributed by atoms with Crippen LogP contribution >= 0.6 is 0 Å². The van der Waals surface area contributed by atoms with Crippen LogP contribution in [0.4, 0.5) is 5.69 Å². The molecule has 6 heteroatoms. The van der Waals surface area contributed by atoms with Crippen LogP contribution in [0.25, 0.3) is 0 Å². The number of anilines is 1. The minimum atomic E-state index is -0.896. The molecule has 2 N–H and O–H groups in total. The molecule has 22 heavy (non-hydrogen) atoms. The molecule has 0 unspecified atom stereocenters. The SMILES string of the molecule is COc1ccc(NC(=O)[C@H]2CCCC[C@H]2C(=O)O)cc1OC. The number of benzene rings is 1. The second-order valence-electron chi connectivity index (χ2n) is 5.39. The summed E-state index contributed by atoms with van der Waals surface area (Å²) in [4.78, 5) is 23.7. The second kappa shape index (κ2) is 7.15. The van der Waals surface area contributed by atoms with Crippen molar-refractivity contribution in [3.8, 4) is 11.5 Å². The van der Waals surface area contributed by atoms with Crippen LogP contribution in [0.15, 0.2) is 18.2 Å². The summed E-state index contributed by atoms with van der Waals surface area (Å²) in [5.41, 5.74) is 0.567. The van der Waals surface area contributed by atoms with Crippen molar-refractivity contribution in [1.82, 2.24) is 0 Å². The number of aliphatic carboxylic acids is 1. The fourth-order valence-electron chi connectivity index (χ4n) is 2.89. The summed E-state index contributed by atoms with van der Waals surface area (Å²) in [6, 6.07) is 5.07. The molecule has 2 rings (SSSR count). The van der Waals surface area contributed by atoms with Gasteiger partial charge in [-0.2, -0.15) is 0 Å². The Morgan fingerprint density at radius 1 is 1.09 bits per heavy atom. The monoisotopic (exact) mass is 307 g/mol. The van der Waals surface area contributed by atoms with Crippen LogP contribution in [0.5, 0.6) is 11.5 Å². The molecule has 0 spiro atoms. The number of hydrogen-bond acceptors (Lipinski definition) is 4. The van der Waals surface area contributed by atoms with Gasteiger partial charge in [0.05, 0.1) is 26.1 Å². The molecule has 1 aromatic rings. The lowest BCUT2D eigenvalue weighted by atomic mass is 9.78. The lowest BCUT2D eigenvalue weighted by molar-refractivity contribution is -0.147. The maximum atomic E-state index is 12.4. The van der Waals surface area contributed by atoms with E-state index in [-0.39, 0.29) is 5.91 Å². The van der Waals surface area contributed by atoms with E-state index >= 15 is 0 Å². The van der Waals surface area contributed by atoms with Gasteiger partial charge in [0, 0.05) is 11.8 Å². The average molecular weight is 307 g/mol. The Hall–Kier alpha value is -2.24. The van der Waals surface area contributed by atoms with Crippen LogP contribution in [-0.2, 0) is 9.59 Å². The van der Waals surface area contributed by atoms with Gasteiger partial charge in [0.15, 0.2) is 11.5 Å². The number of carboxylic acids is 1. The number of carbonyl (C=O) groups is 2. The summed E-state index contributed by atoms with van der Waals surface area (Å²) in [5, 5.41) is 12.0. The Kier molecular flexibility index (Phi) is 5.25. The zero-order valence-corrected chi connectivity index (χ0v) is 12.8. The highest BCUT2D eigenvalue weighted by Gasteiger charge is 2.35. The van der Waals surface area contributed by atoms with Crippen LogP contribution < -0.4 is 14.8 Å². The fourth-order valence-corrected chi connectivity index (χ4v) is 2.89. The van der Waals surface area contributed by atoms with E-state index in [4.69, 9.17) is 9.47 Å². The predicted molar refractivity (Wildman–Crippen MR) is 81.3 cm³/mol. The van der Waals surface area contributed by atoms with Crippen LogP contribution in [0, 0.1) is 11.8 Å². The Bertz CT molecular complexity index is 557. The Balaban J connectivity index is 2.12. The summed E-state index contributed by atoms with van der Waals surface area (Å²) in [6.45, 7) is 0. The first-order chi connectivity index (χ1) is 10.6. The van der Waals surface area contributed by atoms with E-state index in [1.54, 1.807) is 18.2 Å². The molecule has 120 valence electrons. The van der Waals surface area contributed by atoms with Gasteiger partial charge in [-0.1, -0.05) is 12.8 Å². The highest BCUT2D eigenvalue weighted by molar-refractivity contribution is 5.95. The van der Waals surface area contributed by atoms with Gasteiger partial charge in [0.1, 0.15) is 0 Å². The minimum Gasteiger partial charge on any atom is -0.493 e. The van der Waals surface area contributed by atoms with E-state index in [2.05, 4.69) is 5.32 Å². The number of methoxy groups -OCH3 is 2. The van der Waals surface area contributed by atoms with Crippen molar-refractivity contribution >= 4 is 17.6 Å². The number of carboxylic acid groups (broad SMARTS) is 1. The van der Waals surface area contributed by atoms with Crippen molar-refractivity contribution in [3.05, 3.63) is 18.2 Å². The molecule has 0 aromatic heterocycles. The molecular weight excluding hydrogens is 286 g/mol. The van der Waals surface area contributed by atoms with Crippen molar-refractivity contribution in [2.75, 3.05) is 19.5 Å². The van der Waals surface area contributed by atoms with E-state index in [1.165, 1.54) is 14.2 Å². The van der Waals surface area contributed by atoms with Crippen molar-refractivity contribution in [1.29, 1.82) is 0 Å². The minimum absolute atomic E-state index is 0.251. The van der Waals surface area contributed by atoms with E-state index in [1.807, 2.05) is 0 Å². The third-order valence-corrected chi connectivity index (χ3v) is 4.07. The van der Waals surface area contributed by atoms with Crippen molar-refractivity contribution < 1.29 is 24.2 Å². The van der Waals surface area contributed by atoms with Crippen LogP contribution in [-0.4, -0.2) is 31.2 Å². The number of hydrogen-bond donors (Lipinski definition) is 2. The first-order valence-electron chi connectivity index (χ1n) is 7.32. The molecule has 0 heterocycles. The van der Waals surface area contributed by atoms with E-state index < -0.39 is 17.8 Å². The molecule has 0 bridgehead atoms. The molecule has 1 aromatic carbocycles. The molecule has 0 aliphatic heterocycles. The molecule has 6 nitrogen and oxygen atoms in total. The summed E-state index contributed by atoms with van der Waals surface area (Å²) in [7, 11) is 3.06. The lowest BCUT2D eigenvalue weighted by Crippen LogP contribution is -2.36. The van der Waals surface area contributed by atoms with Crippen LogP contribution in [0.3, 0.4) is 0 Å². The number of carbonyl (C=O) groups excluding carboxylic acids is 1. The van der Waals surface area contributed by atoms with Gasteiger partial charge in [0.2, 0.25) is 5.91 Å². The smallest absolute Gasteiger partial charge is 0.307 e. The number of ether oxygens (including phenoxy) is 2. The zero-order chi connectivity index (χ0) is 16.1. The van der Waals surface area contributed by atoms with E-state index in [0.29, 0.717) is 30.0 Å². The van der Waals surface area contributed by atoms with Gasteiger partial charge >= 0.3 is 5.97 Å². The Morgan fingerprint density at radius 2 is 1.73 bits per heavy atom. The highest BCUT2D eigenvalue weighted by Crippen LogP contribution is 2.33. The standard InChI is InChI=1S/C16H21NO5/c1-21-13-8-7-10(9-14(13)22-2)17-15(18)11-5-3-4-6-12(11)16(19)20/h7-9,11-12H,3-6H2,1-2H3,(H,17,18)(H,19,20)/t11-,12+/m0/s1. The maximum Gasteiger partial charge on any atom is 0.307 e. The van der Waals surface area contributed by atoms with Crippen molar-refractivity contribution in [2.24, 2.45) is 11.8 Å². The molecule has 1 amide bonds. The van der Waals surface area contributed by atoms with E-state index in [9.17, 15) is 14.7 Å². The van der Waals surface area contributed by atoms with Gasteiger partial charge in [-0.25, -0.2) is 0 Å². The summed E-state index contributed by atoms with van der Waals surface area (Å²) in [6.07, 6.45) is 2.90. The molecule has 1 saturated carbocycles. The summed E-state index contributed by atoms with van der Waals surface area (Å²) < 4.78 is 10.3. The van der Waals surface area contributed by atoms with E-state index in [0.717, 1.165) is 12.8 Å². The molecule has 1 aliphatic carbocycles.